The number of hydrogen-bond donors (Lipinski definition) is 1. The first-order valence-electron chi connectivity index (χ1n) is 3.51. The van der Waals surface area contributed by atoms with Crippen molar-refractivity contribution >= 4 is 5.69 Å². The molecule has 0 saturated heterocycles. The molecule has 4 heteroatoms. The van der Waals surface area contributed by atoms with Gasteiger partial charge in [-0.2, -0.15) is 0 Å². The maximum atomic E-state index is 10.2. The van der Waals surface area contributed by atoms with Crippen molar-refractivity contribution in [1.29, 1.82) is 0 Å². The van der Waals surface area contributed by atoms with Crippen LogP contribution >= 0.6 is 0 Å². The molecule has 4 nitrogen and oxygen atoms in total. The highest BCUT2D eigenvalue weighted by Gasteiger charge is 1.99. The van der Waals surface area contributed by atoms with E-state index in [0.29, 0.717) is 18.0 Å². The van der Waals surface area contributed by atoms with Gasteiger partial charge in [0.1, 0.15) is 11.4 Å². The van der Waals surface area contributed by atoms with Crippen LogP contribution in [-0.4, -0.2) is 7.11 Å². The fraction of sp³-hybridized carbons (Fsp3) is 0.250. The summed E-state index contributed by atoms with van der Waals surface area (Å²) in [5, 5.41) is 2.80. The molecule has 0 aromatic heterocycles. The Kier molecular flexibility index (Phi) is 2.76. The average Bonchev–Trinajstić information content (AvgIpc) is 2.16. The van der Waals surface area contributed by atoms with Crippen LogP contribution in [0.4, 0.5) is 5.69 Å². The maximum absolute atomic E-state index is 10.2. The van der Waals surface area contributed by atoms with Gasteiger partial charge in [-0.15, -0.1) is 4.91 Å². The standard InChI is InChI=1S/C8H10N2O2/c1-12-8-3-6(5-9)2-7(4-8)10-11/h2-4H,5,9H2,1H3. The Labute approximate surface area is 70.3 Å². The van der Waals surface area contributed by atoms with Gasteiger partial charge in [-0.05, 0) is 22.9 Å². The third-order valence-corrected chi connectivity index (χ3v) is 1.53. The SMILES string of the molecule is COc1cc(CN)cc(N=O)c1. The van der Waals surface area contributed by atoms with Crippen molar-refractivity contribution in [2.45, 2.75) is 6.54 Å². The Bertz CT molecular complexity index is 264. The van der Waals surface area contributed by atoms with E-state index in [1.54, 1.807) is 18.2 Å². The number of methoxy groups -OCH3 is 1. The van der Waals surface area contributed by atoms with Crippen molar-refractivity contribution in [3.8, 4) is 5.75 Å². The molecule has 0 aliphatic heterocycles. The zero-order valence-electron chi connectivity index (χ0n) is 6.78. The number of rotatable bonds is 3. The van der Waals surface area contributed by atoms with Gasteiger partial charge >= 0.3 is 0 Å². The van der Waals surface area contributed by atoms with E-state index in [9.17, 15) is 4.91 Å². The number of nitrogens with zero attached hydrogens (tertiary/aromatic N) is 1. The van der Waals surface area contributed by atoms with Crippen LogP contribution in [0.3, 0.4) is 0 Å². The summed E-state index contributed by atoms with van der Waals surface area (Å²) in [5.41, 5.74) is 6.58. The van der Waals surface area contributed by atoms with Gasteiger partial charge in [-0.25, -0.2) is 0 Å². The smallest absolute Gasteiger partial charge is 0.121 e. The predicted molar refractivity (Wildman–Crippen MR) is 46.3 cm³/mol. The molecule has 0 saturated carbocycles. The monoisotopic (exact) mass is 166 g/mol. The summed E-state index contributed by atoms with van der Waals surface area (Å²) in [6, 6.07) is 4.97. The third-order valence-electron chi connectivity index (χ3n) is 1.53. The van der Waals surface area contributed by atoms with Crippen molar-refractivity contribution in [1.82, 2.24) is 0 Å². The number of ether oxygens (including phenoxy) is 1. The molecule has 0 radical (unpaired) electrons. The molecule has 0 bridgehead atoms. The Morgan fingerprint density at radius 3 is 2.75 bits per heavy atom. The summed E-state index contributed by atoms with van der Waals surface area (Å²) in [7, 11) is 1.53. The second kappa shape index (κ2) is 3.82. The summed E-state index contributed by atoms with van der Waals surface area (Å²) >= 11 is 0. The van der Waals surface area contributed by atoms with E-state index in [1.165, 1.54) is 7.11 Å². The minimum absolute atomic E-state index is 0.342. The van der Waals surface area contributed by atoms with Gasteiger partial charge in [-0.1, -0.05) is 0 Å². The predicted octanol–water partition coefficient (Wildman–Crippen LogP) is 1.55. The normalized spacial score (nSPS) is 9.50. The zero-order valence-corrected chi connectivity index (χ0v) is 6.78. The summed E-state index contributed by atoms with van der Waals surface area (Å²) in [4.78, 5) is 10.2. The van der Waals surface area contributed by atoms with E-state index in [1.807, 2.05) is 0 Å². The van der Waals surface area contributed by atoms with Crippen LogP contribution in [-0.2, 0) is 6.54 Å². The maximum Gasteiger partial charge on any atom is 0.121 e. The summed E-state index contributed by atoms with van der Waals surface area (Å²) in [6.45, 7) is 0.375. The number of nitrogens with two attached hydrogens (primary N) is 1. The molecule has 0 unspecified atom stereocenters. The van der Waals surface area contributed by atoms with E-state index < -0.39 is 0 Å². The molecule has 0 amide bonds. The Morgan fingerprint density at radius 2 is 2.25 bits per heavy atom. The Morgan fingerprint density at radius 1 is 1.50 bits per heavy atom. The quantitative estimate of drug-likeness (QED) is 0.693. The molecule has 0 spiro atoms. The van der Waals surface area contributed by atoms with Crippen LogP contribution in [0.25, 0.3) is 0 Å². The second-order valence-electron chi connectivity index (χ2n) is 2.33. The van der Waals surface area contributed by atoms with Crippen molar-refractivity contribution in [2.24, 2.45) is 10.9 Å². The van der Waals surface area contributed by atoms with Crippen molar-refractivity contribution in [3.63, 3.8) is 0 Å². The first-order chi connectivity index (χ1) is 5.80. The van der Waals surface area contributed by atoms with Crippen LogP contribution in [0.2, 0.25) is 0 Å². The number of hydrogen-bond acceptors (Lipinski definition) is 4. The van der Waals surface area contributed by atoms with Crippen molar-refractivity contribution in [3.05, 3.63) is 28.7 Å². The van der Waals surface area contributed by atoms with Gasteiger partial charge in [-0.3, -0.25) is 0 Å². The molecule has 0 atom stereocenters. The fourth-order valence-electron chi connectivity index (χ4n) is 0.932. The van der Waals surface area contributed by atoms with E-state index in [2.05, 4.69) is 5.18 Å². The molecule has 0 aliphatic carbocycles. The van der Waals surface area contributed by atoms with Gasteiger partial charge < -0.3 is 10.5 Å². The van der Waals surface area contributed by atoms with Gasteiger partial charge in [0, 0.05) is 12.6 Å². The Balaban J connectivity index is 3.09. The lowest BCUT2D eigenvalue weighted by atomic mass is 10.2. The summed E-state index contributed by atoms with van der Waals surface area (Å²) < 4.78 is 4.94. The molecular formula is C8H10N2O2. The van der Waals surface area contributed by atoms with Crippen LogP contribution in [0.15, 0.2) is 23.4 Å². The van der Waals surface area contributed by atoms with Crippen LogP contribution < -0.4 is 10.5 Å². The van der Waals surface area contributed by atoms with E-state index in [4.69, 9.17) is 10.5 Å². The minimum atomic E-state index is 0.342. The van der Waals surface area contributed by atoms with Crippen molar-refractivity contribution in [2.75, 3.05) is 7.11 Å². The van der Waals surface area contributed by atoms with Crippen LogP contribution in [0.5, 0.6) is 5.75 Å². The molecule has 64 valence electrons. The summed E-state index contributed by atoms with van der Waals surface area (Å²) in [6.07, 6.45) is 0. The molecule has 12 heavy (non-hydrogen) atoms. The molecule has 1 aromatic carbocycles. The third kappa shape index (κ3) is 1.79. The summed E-state index contributed by atoms with van der Waals surface area (Å²) in [5.74, 6) is 0.604. The number of nitroso groups, excluding NO2 is 1. The number of benzene rings is 1. The largest absolute Gasteiger partial charge is 0.497 e. The van der Waals surface area contributed by atoms with Gasteiger partial charge in [0.25, 0.3) is 0 Å². The average molecular weight is 166 g/mol. The van der Waals surface area contributed by atoms with Crippen LogP contribution in [0.1, 0.15) is 5.56 Å². The van der Waals surface area contributed by atoms with Gasteiger partial charge in [0.15, 0.2) is 0 Å². The zero-order chi connectivity index (χ0) is 8.97. The molecule has 1 rings (SSSR count). The highest BCUT2D eigenvalue weighted by atomic mass is 16.5. The van der Waals surface area contributed by atoms with Crippen LogP contribution in [0, 0.1) is 4.91 Å². The molecule has 0 aliphatic rings. The first-order valence-corrected chi connectivity index (χ1v) is 3.51. The molecule has 1 aromatic rings. The first kappa shape index (κ1) is 8.67. The molecule has 0 fully saturated rings. The van der Waals surface area contributed by atoms with E-state index in [0.717, 1.165) is 5.56 Å². The lowest BCUT2D eigenvalue weighted by molar-refractivity contribution is 0.414. The highest BCUT2D eigenvalue weighted by Crippen LogP contribution is 2.22. The van der Waals surface area contributed by atoms with E-state index in [-0.39, 0.29) is 0 Å². The van der Waals surface area contributed by atoms with Crippen molar-refractivity contribution < 1.29 is 4.74 Å². The lowest BCUT2D eigenvalue weighted by Crippen LogP contribution is -1.96. The second-order valence-corrected chi connectivity index (χ2v) is 2.33. The topological polar surface area (TPSA) is 64.7 Å². The highest BCUT2D eigenvalue weighted by molar-refractivity contribution is 5.46. The van der Waals surface area contributed by atoms with Gasteiger partial charge in [0.2, 0.25) is 0 Å². The molecule has 2 N–H and O–H groups in total. The molecule has 0 heterocycles. The molecular weight excluding hydrogens is 156 g/mol. The van der Waals surface area contributed by atoms with E-state index >= 15 is 0 Å². The minimum Gasteiger partial charge on any atom is -0.497 e. The fourth-order valence-corrected chi connectivity index (χ4v) is 0.932. The van der Waals surface area contributed by atoms with Gasteiger partial charge in [0.05, 0.1) is 7.11 Å². The Hall–Kier alpha value is -1.42. The lowest BCUT2D eigenvalue weighted by Gasteiger charge is -2.02.